The van der Waals surface area contributed by atoms with Crippen molar-refractivity contribution in [2.45, 2.75) is 6.92 Å². The SMILES string of the molecule is CNC(=O)c1[nH]cnc1C(=O)Nc1ccc(NC(=O)c2ccc(F)c(C)c2)cc1. The molecule has 2 aromatic carbocycles. The highest BCUT2D eigenvalue weighted by atomic mass is 19.1. The van der Waals surface area contributed by atoms with Crippen LogP contribution >= 0.6 is 0 Å². The van der Waals surface area contributed by atoms with E-state index in [9.17, 15) is 18.8 Å². The zero-order chi connectivity index (χ0) is 21.0. The summed E-state index contributed by atoms with van der Waals surface area (Å²) in [6, 6.07) is 10.5. The quantitative estimate of drug-likeness (QED) is 0.531. The number of amides is 3. The van der Waals surface area contributed by atoms with E-state index < -0.39 is 11.8 Å². The standard InChI is InChI=1S/C20H18FN5O3/c1-11-9-12(3-8-15(11)21)18(27)25-13-4-6-14(7-5-13)26-20(29)17-16(19(28)22-2)23-10-24-17/h3-10H,1-2H3,(H,22,28)(H,23,24)(H,25,27)(H,26,29). The normalized spacial score (nSPS) is 10.3. The number of aromatic amines is 1. The van der Waals surface area contributed by atoms with E-state index in [4.69, 9.17) is 0 Å². The molecule has 1 heterocycles. The van der Waals surface area contributed by atoms with Crippen LogP contribution in [0.5, 0.6) is 0 Å². The van der Waals surface area contributed by atoms with Crippen molar-refractivity contribution in [2.24, 2.45) is 0 Å². The number of aromatic nitrogens is 2. The molecule has 3 rings (SSSR count). The van der Waals surface area contributed by atoms with E-state index in [1.807, 2.05) is 0 Å². The van der Waals surface area contributed by atoms with Gasteiger partial charge in [-0.25, -0.2) is 9.37 Å². The predicted molar refractivity (Wildman–Crippen MR) is 105 cm³/mol. The molecule has 0 aliphatic heterocycles. The molecule has 29 heavy (non-hydrogen) atoms. The molecule has 3 aromatic rings. The second-order valence-electron chi connectivity index (χ2n) is 6.15. The number of carbonyl (C=O) groups excluding carboxylic acids is 3. The minimum Gasteiger partial charge on any atom is -0.354 e. The van der Waals surface area contributed by atoms with Gasteiger partial charge in [0.1, 0.15) is 11.5 Å². The van der Waals surface area contributed by atoms with E-state index in [2.05, 4.69) is 25.9 Å². The van der Waals surface area contributed by atoms with Crippen LogP contribution < -0.4 is 16.0 Å². The molecular weight excluding hydrogens is 377 g/mol. The number of nitrogens with one attached hydrogen (secondary N) is 4. The maximum Gasteiger partial charge on any atom is 0.276 e. The number of H-pyrrole nitrogens is 1. The second-order valence-corrected chi connectivity index (χ2v) is 6.15. The molecule has 4 N–H and O–H groups in total. The highest BCUT2D eigenvalue weighted by Gasteiger charge is 2.19. The molecule has 0 saturated heterocycles. The molecule has 0 unspecified atom stereocenters. The summed E-state index contributed by atoms with van der Waals surface area (Å²) in [5, 5.41) is 7.76. The van der Waals surface area contributed by atoms with Crippen LogP contribution in [0.15, 0.2) is 48.8 Å². The summed E-state index contributed by atoms with van der Waals surface area (Å²) in [7, 11) is 1.45. The molecule has 0 aliphatic rings. The van der Waals surface area contributed by atoms with Gasteiger partial charge in [0.15, 0.2) is 5.69 Å². The maximum absolute atomic E-state index is 13.3. The van der Waals surface area contributed by atoms with Gasteiger partial charge in [-0.2, -0.15) is 0 Å². The molecule has 0 saturated carbocycles. The van der Waals surface area contributed by atoms with Crippen LogP contribution in [0, 0.1) is 12.7 Å². The van der Waals surface area contributed by atoms with Gasteiger partial charge in [0.25, 0.3) is 17.7 Å². The van der Waals surface area contributed by atoms with Crippen LogP contribution in [0.1, 0.15) is 36.9 Å². The molecule has 1 aromatic heterocycles. The van der Waals surface area contributed by atoms with Crippen LogP contribution in [0.25, 0.3) is 0 Å². The number of hydrogen-bond donors (Lipinski definition) is 4. The number of nitrogens with zero attached hydrogens (tertiary/aromatic N) is 1. The third kappa shape index (κ3) is 4.46. The Morgan fingerprint density at radius 2 is 1.55 bits per heavy atom. The molecule has 9 heteroatoms. The van der Waals surface area contributed by atoms with Crippen LogP contribution in [-0.2, 0) is 0 Å². The molecule has 0 bridgehead atoms. The average Bonchev–Trinajstić information content (AvgIpc) is 3.21. The molecule has 0 fully saturated rings. The Hall–Kier alpha value is -4.01. The molecule has 3 amide bonds. The fourth-order valence-corrected chi connectivity index (χ4v) is 2.58. The van der Waals surface area contributed by atoms with E-state index in [1.54, 1.807) is 31.2 Å². The number of benzene rings is 2. The Balaban J connectivity index is 1.66. The van der Waals surface area contributed by atoms with Crippen LogP contribution in [-0.4, -0.2) is 34.7 Å². The maximum atomic E-state index is 13.3. The first-order valence-electron chi connectivity index (χ1n) is 8.63. The summed E-state index contributed by atoms with van der Waals surface area (Å²) in [4.78, 5) is 42.8. The van der Waals surface area contributed by atoms with Crippen molar-refractivity contribution < 1.29 is 18.8 Å². The van der Waals surface area contributed by atoms with E-state index in [0.29, 0.717) is 22.5 Å². The van der Waals surface area contributed by atoms with Crippen molar-refractivity contribution in [3.8, 4) is 0 Å². The molecule has 0 radical (unpaired) electrons. The lowest BCUT2D eigenvalue weighted by Crippen LogP contribution is -2.23. The summed E-state index contributed by atoms with van der Waals surface area (Å²) in [5.41, 5.74) is 1.70. The van der Waals surface area contributed by atoms with Crippen LogP contribution in [0.3, 0.4) is 0 Å². The van der Waals surface area contributed by atoms with Crippen molar-refractivity contribution in [1.29, 1.82) is 0 Å². The number of aryl methyl sites for hydroxylation is 1. The molecule has 8 nitrogen and oxygen atoms in total. The monoisotopic (exact) mass is 395 g/mol. The lowest BCUT2D eigenvalue weighted by Gasteiger charge is -2.08. The molecular formula is C20H18FN5O3. The fraction of sp³-hybridized carbons (Fsp3) is 0.100. The van der Waals surface area contributed by atoms with Gasteiger partial charge in [-0.15, -0.1) is 0 Å². The van der Waals surface area contributed by atoms with E-state index >= 15 is 0 Å². The first-order valence-corrected chi connectivity index (χ1v) is 8.63. The summed E-state index contributed by atoms with van der Waals surface area (Å²) >= 11 is 0. The van der Waals surface area contributed by atoms with Crippen molar-refractivity contribution in [3.63, 3.8) is 0 Å². The third-order valence-electron chi connectivity index (χ3n) is 4.13. The number of imidazole rings is 1. The van der Waals surface area contributed by atoms with Gasteiger partial charge in [0.05, 0.1) is 6.33 Å². The van der Waals surface area contributed by atoms with Gasteiger partial charge < -0.3 is 20.9 Å². The zero-order valence-electron chi connectivity index (χ0n) is 15.7. The van der Waals surface area contributed by atoms with Crippen molar-refractivity contribution in [3.05, 3.63) is 77.1 Å². The Kier molecular flexibility index (Phi) is 5.68. The zero-order valence-corrected chi connectivity index (χ0v) is 15.7. The predicted octanol–water partition coefficient (Wildman–Crippen LogP) is 2.72. The summed E-state index contributed by atoms with van der Waals surface area (Å²) in [5.74, 6) is -1.76. The molecule has 0 spiro atoms. The van der Waals surface area contributed by atoms with Gasteiger partial charge in [0.2, 0.25) is 0 Å². The van der Waals surface area contributed by atoms with Crippen molar-refractivity contribution >= 4 is 29.1 Å². The number of carbonyl (C=O) groups is 3. The van der Waals surface area contributed by atoms with Crippen LogP contribution in [0.2, 0.25) is 0 Å². The van der Waals surface area contributed by atoms with Crippen LogP contribution in [0.4, 0.5) is 15.8 Å². The topological polar surface area (TPSA) is 116 Å². The van der Waals surface area contributed by atoms with Crippen molar-refractivity contribution in [1.82, 2.24) is 15.3 Å². The lowest BCUT2D eigenvalue weighted by molar-refractivity contribution is 0.0943. The number of halogens is 1. The summed E-state index contributed by atoms with van der Waals surface area (Å²) in [6.07, 6.45) is 1.26. The molecule has 148 valence electrons. The highest BCUT2D eigenvalue weighted by Crippen LogP contribution is 2.17. The van der Waals surface area contributed by atoms with E-state index in [-0.39, 0.29) is 23.1 Å². The lowest BCUT2D eigenvalue weighted by atomic mass is 10.1. The largest absolute Gasteiger partial charge is 0.354 e. The number of hydrogen-bond acceptors (Lipinski definition) is 4. The Labute approximate surface area is 165 Å². The summed E-state index contributed by atoms with van der Waals surface area (Å²) in [6.45, 7) is 1.58. The Bertz CT molecular complexity index is 1080. The van der Waals surface area contributed by atoms with Crippen molar-refractivity contribution in [2.75, 3.05) is 17.7 Å². The minimum atomic E-state index is -0.552. The van der Waals surface area contributed by atoms with Gasteiger partial charge >= 0.3 is 0 Å². The van der Waals surface area contributed by atoms with Gasteiger partial charge in [-0.3, -0.25) is 14.4 Å². The van der Waals surface area contributed by atoms with Gasteiger partial charge in [-0.1, -0.05) is 0 Å². The molecule has 0 aliphatic carbocycles. The second kappa shape index (κ2) is 8.34. The highest BCUT2D eigenvalue weighted by molar-refractivity contribution is 6.10. The minimum absolute atomic E-state index is 0.0339. The van der Waals surface area contributed by atoms with Gasteiger partial charge in [0, 0.05) is 24.0 Å². The molecule has 0 atom stereocenters. The first-order chi connectivity index (χ1) is 13.9. The number of rotatable bonds is 5. The number of anilines is 2. The fourth-order valence-electron chi connectivity index (χ4n) is 2.58. The first kappa shape index (κ1) is 19.7. The van der Waals surface area contributed by atoms with Gasteiger partial charge in [-0.05, 0) is 55.0 Å². The average molecular weight is 395 g/mol. The Morgan fingerprint density at radius 3 is 2.14 bits per heavy atom. The van der Waals surface area contributed by atoms with E-state index in [1.165, 1.54) is 31.6 Å². The smallest absolute Gasteiger partial charge is 0.276 e. The third-order valence-corrected chi connectivity index (χ3v) is 4.13. The Morgan fingerprint density at radius 1 is 0.931 bits per heavy atom. The summed E-state index contributed by atoms with van der Waals surface area (Å²) < 4.78 is 13.3. The van der Waals surface area contributed by atoms with E-state index in [0.717, 1.165) is 0 Å².